The van der Waals surface area contributed by atoms with Crippen molar-refractivity contribution in [2.24, 2.45) is 0 Å². The highest BCUT2D eigenvalue weighted by molar-refractivity contribution is 5.75. The molecule has 9 heteroatoms. The maximum absolute atomic E-state index is 13.3. The van der Waals surface area contributed by atoms with E-state index < -0.39 is 0 Å². The molecule has 0 aliphatic carbocycles. The molecule has 0 spiro atoms. The normalized spacial score (nSPS) is 15.7. The van der Waals surface area contributed by atoms with Gasteiger partial charge in [0.25, 0.3) is 5.78 Å². The van der Waals surface area contributed by atoms with Crippen LogP contribution in [-0.2, 0) is 6.54 Å². The maximum Gasteiger partial charge on any atom is 0.254 e. The van der Waals surface area contributed by atoms with Crippen LogP contribution in [0.3, 0.4) is 0 Å². The van der Waals surface area contributed by atoms with Crippen molar-refractivity contribution in [1.29, 1.82) is 0 Å². The summed E-state index contributed by atoms with van der Waals surface area (Å²) in [6.07, 6.45) is 3.34. The SMILES string of the molecule is Cc1cc(N2CCN(CCn3cnc4cc(F)ccc43)CC2)n2ncnc2n1. The molecule has 28 heavy (non-hydrogen) atoms. The van der Waals surface area contributed by atoms with Gasteiger partial charge >= 0.3 is 0 Å². The Hall–Kier alpha value is -3.07. The molecule has 0 bridgehead atoms. The van der Waals surface area contributed by atoms with E-state index in [9.17, 15) is 4.39 Å². The van der Waals surface area contributed by atoms with E-state index in [1.807, 2.05) is 6.92 Å². The zero-order valence-electron chi connectivity index (χ0n) is 15.7. The quantitative estimate of drug-likeness (QED) is 0.537. The Morgan fingerprint density at radius 1 is 1.04 bits per heavy atom. The molecule has 0 unspecified atom stereocenters. The van der Waals surface area contributed by atoms with E-state index in [4.69, 9.17) is 0 Å². The predicted molar refractivity (Wildman–Crippen MR) is 104 cm³/mol. The molecule has 1 aromatic carbocycles. The van der Waals surface area contributed by atoms with Crippen LogP contribution >= 0.6 is 0 Å². The summed E-state index contributed by atoms with van der Waals surface area (Å²) in [4.78, 5) is 17.7. The lowest BCUT2D eigenvalue weighted by molar-refractivity contribution is 0.248. The first kappa shape index (κ1) is 17.1. The Labute approximate surface area is 161 Å². The summed E-state index contributed by atoms with van der Waals surface area (Å²) in [6, 6.07) is 6.83. The first-order valence-electron chi connectivity index (χ1n) is 9.42. The van der Waals surface area contributed by atoms with Gasteiger partial charge in [0.2, 0.25) is 0 Å². The molecule has 1 saturated heterocycles. The van der Waals surface area contributed by atoms with E-state index >= 15 is 0 Å². The topological polar surface area (TPSA) is 67.4 Å². The molecule has 3 aromatic heterocycles. The van der Waals surface area contributed by atoms with Crippen LogP contribution in [0.25, 0.3) is 16.8 Å². The average molecular weight is 380 g/mol. The van der Waals surface area contributed by atoms with E-state index in [1.165, 1.54) is 12.1 Å². The lowest BCUT2D eigenvalue weighted by atomic mass is 10.3. The minimum atomic E-state index is -0.248. The van der Waals surface area contributed by atoms with Crippen molar-refractivity contribution >= 4 is 22.6 Å². The van der Waals surface area contributed by atoms with Crippen molar-refractivity contribution < 1.29 is 4.39 Å². The van der Waals surface area contributed by atoms with E-state index in [-0.39, 0.29) is 5.82 Å². The van der Waals surface area contributed by atoms with Crippen LogP contribution in [0.15, 0.2) is 36.9 Å². The van der Waals surface area contributed by atoms with Crippen LogP contribution in [0.4, 0.5) is 10.2 Å². The molecule has 4 aromatic rings. The van der Waals surface area contributed by atoms with Crippen LogP contribution in [0, 0.1) is 12.7 Å². The molecule has 0 N–H and O–H groups in total. The number of hydrogen-bond acceptors (Lipinski definition) is 6. The monoisotopic (exact) mass is 380 g/mol. The summed E-state index contributed by atoms with van der Waals surface area (Å²) >= 11 is 0. The molecule has 1 fully saturated rings. The van der Waals surface area contributed by atoms with Gasteiger partial charge in [-0.3, -0.25) is 4.90 Å². The van der Waals surface area contributed by atoms with Crippen LogP contribution in [-0.4, -0.2) is 66.8 Å². The Morgan fingerprint density at radius 3 is 2.75 bits per heavy atom. The molecular formula is C19H21FN8. The Bertz CT molecular complexity index is 1130. The maximum atomic E-state index is 13.3. The number of rotatable bonds is 4. The van der Waals surface area contributed by atoms with Gasteiger partial charge in [-0.2, -0.15) is 14.6 Å². The third-order valence-electron chi connectivity index (χ3n) is 5.30. The Morgan fingerprint density at radius 2 is 1.89 bits per heavy atom. The van der Waals surface area contributed by atoms with Crippen LogP contribution in [0.2, 0.25) is 0 Å². The molecule has 0 atom stereocenters. The fraction of sp³-hybridized carbons (Fsp3) is 0.368. The van der Waals surface area contributed by atoms with Gasteiger partial charge in [-0.15, -0.1) is 0 Å². The fourth-order valence-corrected chi connectivity index (χ4v) is 3.80. The number of imidazole rings is 1. The van der Waals surface area contributed by atoms with E-state index in [0.29, 0.717) is 11.3 Å². The smallest absolute Gasteiger partial charge is 0.254 e. The second-order valence-electron chi connectivity index (χ2n) is 7.13. The molecular weight excluding hydrogens is 359 g/mol. The molecule has 5 rings (SSSR count). The van der Waals surface area contributed by atoms with E-state index in [2.05, 4.69) is 40.5 Å². The summed E-state index contributed by atoms with van der Waals surface area (Å²) in [5.74, 6) is 1.44. The first-order chi connectivity index (χ1) is 13.7. The van der Waals surface area contributed by atoms with Gasteiger partial charge in [-0.05, 0) is 19.1 Å². The number of benzene rings is 1. The average Bonchev–Trinajstić information content (AvgIpc) is 3.32. The van der Waals surface area contributed by atoms with Gasteiger partial charge in [0, 0.05) is 57.1 Å². The molecule has 0 radical (unpaired) electrons. The van der Waals surface area contributed by atoms with Gasteiger partial charge < -0.3 is 9.47 Å². The van der Waals surface area contributed by atoms with Gasteiger partial charge in [0.15, 0.2) is 0 Å². The highest BCUT2D eigenvalue weighted by atomic mass is 19.1. The van der Waals surface area contributed by atoms with E-state index in [1.54, 1.807) is 23.2 Å². The fourth-order valence-electron chi connectivity index (χ4n) is 3.80. The van der Waals surface area contributed by atoms with Crippen LogP contribution in [0.1, 0.15) is 5.69 Å². The van der Waals surface area contributed by atoms with Crippen molar-refractivity contribution in [3.05, 3.63) is 48.4 Å². The number of piperazine rings is 1. The zero-order valence-corrected chi connectivity index (χ0v) is 15.7. The number of hydrogen-bond donors (Lipinski definition) is 0. The number of halogens is 1. The van der Waals surface area contributed by atoms with Crippen molar-refractivity contribution in [3.63, 3.8) is 0 Å². The number of anilines is 1. The standard InChI is InChI=1S/C19H21FN8/c1-14-10-18(28-19(24-14)21-12-23-28)26-7-4-25(5-8-26)6-9-27-13-22-16-11-15(20)2-3-17(16)27/h2-3,10-13H,4-9H2,1H3. The number of aromatic nitrogens is 6. The molecule has 1 aliphatic rings. The van der Waals surface area contributed by atoms with Crippen molar-refractivity contribution in [2.45, 2.75) is 13.5 Å². The van der Waals surface area contributed by atoms with Crippen molar-refractivity contribution in [1.82, 2.24) is 34.0 Å². The molecule has 4 heterocycles. The number of aryl methyl sites for hydroxylation is 1. The second-order valence-corrected chi connectivity index (χ2v) is 7.13. The lowest BCUT2D eigenvalue weighted by Crippen LogP contribution is -2.47. The number of nitrogens with zero attached hydrogens (tertiary/aromatic N) is 8. The Balaban J connectivity index is 1.24. The molecule has 0 amide bonds. The van der Waals surface area contributed by atoms with Gasteiger partial charge in [-0.25, -0.2) is 14.4 Å². The van der Waals surface area contributed by atoms with Gasteiger partial charge in [-0.1, -0.05) is 0 Å². The van der Waals surface area contributed by atoms with Crippen LogP contribution in [0.5, 0.6) is 0 Å². The minimum absolute atomic E-state index is 0.248. The summed E-state index contributed by atoms with van der Waals surface area (Å²) in [7, 11) is 0. The number of fused-ring (bicyclic) bond motifs is 2. The molecule has 0 saturated carbocycles. The van der Waals surface area contributed by atoms with E-state index in [0.717, 1.165) is 56.3 Å². The Kier molecular flexibility index (Phi) is 4.16. The summed E-state index contributed by atoms with van der Waals surface area (Å²) < 4.78 is 17.2. The minimum Gasteiger partial charge on any atom is -0.354 e. The third kappa shape index (κ3) is 3.07. The predicted octanol–water partition coefficient (Wildman–Crippen LogP) is 1.74. The highest BCUT2D eigenvalue weighted by Gasteiger charge is 2.20. The summed E-state index contributed by atoms with van der Waals surface area (Å²) in [6.45, 7) is 7.55. The van der Waals surface area contributed by atoms with Crippen molar-refractivity contribution in [3.8, 4) is 0 Å². The van der Waals surface area contributed by atoms with Crippen LogP contribution < -0.4 is 4.90 Å². The molecule has 8 nitrogen and oxygen atoms in total. The molecule has 144 valence electrons. The summed E-state index contributed by atoms with van der Waals surface area (Å²) in [5, 5.41) is 4.31. The molecule has 1 aliphatic heterocycles. The van der Waals surface area contributed by atoms with Gasteiger partial charge in [0.1, 0.15) is 18.0 Å². The second kappa shape index (κ2) is 6.83. The van der Waals surface area contributed by atoms with Gasteiger partial charge in [0.05, 0.1) is 17.4 Å². The zero-order chi connectivity index (χ0) is 19.1. The van der Waals surface area contributed by atoms with Crippen molar-refractivity contribution in [2.75, 3.05) is 37.6 Å². The highest BCUT2D eigenvalue weighted by Crippen LogP contribution is 2.18. The largest absolute Gasteiger partial charge is 0.354 e. The summed E-state index contributed by atoms with van der Waals surface area (Å²) in [5.41, 5.74) is 2.62. The first-order valence-corrected chi connectivity index (χ1v) is 9.42. The lowest BCUT2D eigenvalue weighted by Gasteiger charge is -2.36. The third-order valence-corrected chi connectivity index (χ3v) is 5.30.